The van der Waals surface area contributed by atoms with Crippen molar-refractivity contribution in [2.24, 2.45) is 0 Å². The molecule has 0 radical (unpaired) electrons. The van der Waals surface area contributed by atoms with Gasteiger partial charge in [-0.3, -0.25) is 14.9 Å². The summed E-state index contributed by atoms with van der Waals surface area (Å²) in [6.07, 6.45) is 7.64. The molecular weight excluding hydrogens is 589 g/mol. The molecule has 7 rings (SSSR count). The summed E-state index contributed by atoms with van der Waals surface area (Å²) in [7, 11) is 2.09. The molecule has 0 unspecified atom stereocenters. The molecule has 3 fully saturated rings. The lowest BCUT2D eigenvalue weighted by Gasteiger charge is -2.41. The van der Waals surface area contributed by atoms with Crippen LogP contribution in [0.1, 0.15) is 37.7 Å². The van der Waals surface area contributed by atoms with E-state index in [1.807, 2.05) is 24.0 Å². The number of anilines is 1. The highest BCUT2D eigenvalue weighted by molar-refractivity contribution is 6.02. The number of fused-ring (bicyclic) bond motifs is 2. The van der Waals surface area contributed by atoms with Gasteiger partial charge in [0, 0.05) is 42.8 Å². The summed E-state index contributed by atoms with van der Waals surface area (Å²) in [5, 5.41) is 18.5. The van der Waals surface area contributed by atoms with Gasteiger partial charge in [0.2, 0.25) is 0 Å². The SMILES string of the molecule is C=C(F)C(=O)N1CCN(c2nc(OC[C@@H]3CCCN3C)nc3c(OC4CC4)c(-c4c(C)ccc5[nH]ncc45)ncc23)C[C@@H]1CC#N. The van der Waals surface area contributed by atoms with Crippen molar-refractivity contribution in [3.05, 3.63) is 42.5 Å². The van der Waals surface area contributed by atoms with Crippen molar-refractivity contribution < 1.29 is 18.7 Å². The van der Waals surface area contributed by atoms with E-state index in [-0.39, 0.29) is 37.7 Å². The van der Waals surface area contributed by atoms with Crippen LogP contribution in [0.5, 0.6) is 11.8 Å². The number of nitrogens with zero attached hydrogens (tertiary/aromatic N) is 8. The number of likely N-dealkylation sites (N-methyl/N-ethyl adjacent to an activating group) is 1. The number of pyridine rings is 1. The highest BCUT2D eigenvalue weighted by Gasteiger charge is 2.35. The van der Waals surface area contributed by atoms with E-state index in [0.717, 1.165) is 54.3 Å². The summed E-state index contributed by atoms with van der Waals surface area (Å²) in [4.78, 5) is 33.1. The van der Waals surface area contributed by atoms with Crippen LogP contribution in [0.3, 0.4) is 0 Å². The Kier molecular flexibility index (Phi) is 7.90. The maximum absolute atomic E-state index is 13.9. The van der Waals surface area contributed by atoms with Gasteiger partial charge < -0.3 is 24.2 Å². The van der Waals surface area contributed by atoms with E-state index in [1.54, 1.807) is 12.4 Å². The van der Waals surface area contributed by atoms with Gasteiger partial charge in [-0.05, 0) is 57.8 Å². The Balaban J connectivity index is 1.37. The number of hydrogen-bond acceptors (Lipinski definition) is 10. The van der Waals surface area contributed by atoms with E-state index < -0.39 is 17.8 Å². The predicted molar refractivity (Wildman–Crippen MR) is 170 cm³/mol. The molecule has 46 heavy (non-hydrogen) atoms. The molecule has 5 heterocycles. The van der Waals surface area contributed by atoms with Gasteiger partial charge in [0.1, 0.15) is 23.6 Å². The number of rotatable bonds is 9. The first-order valence-electron chi connectivity index (χ1n) is 15.7. The summed E-state index contributed by atoms with van der Waals surface area (Å²) in [6.45, 7) is 7.48. The molecule has 1 aromatic carbocycles. The number of likely N-dealkylation sites (tertiary alicyclic amines) is 1. The third kappa shape index (κ3) is 5.58. The highest BCUT2D eigenvalue weighted by atomic mass is 19.1. The Hall–Kier alpha value is -4.83. The van der Waals surface area contributed by atoms with Gasteiger partial charge in [-0.2, -0.15) is 20.3 Å². The van der Waals surface area contributed by atoms with E-state index in [4.69, 9.17) is 24.4 Å². The van der Waals surface area contributed by atoms with Crippen molar-refractivity contribution in [2.75, 3.05) is 44.7 Å². The molecule has 4 aromatic rings. The maximum atomic E-state index is 13.9. The Labute approximate surface area is 265 Å². The number of ether oxygens (including phenoxy) is 2. The van der Waals surface area contributed by atoms with Gasteiger partial charge in [-0.1, -0.05) is 12.6 Å². The van der Waals surface area contributed by atoms with Crippen LogP contribution in [-0.4, -0.2) is 98.9 Å². The number of aryl methyl sites for hydroxylation is 1. The summed E-state index contributed by atoms with van der Waals surface area (Å²) in [5.41, 5.74) is 4.05. The molecule has 1 aliphatic carbocycles. The van der Waals surface area contributed by atoms with E-state index >= 15 is 0 Å². The minimum atomic E-state index is -1.04. The number of piperazine rings is 1. The van der Waals surface area contributed by atoms with Gasteiger partial charge in [-0.15, -0.1) is 0 Å². The number of hydrogen-bond donors (Lipinski definition) is 1. The summed E-state index contributed by atoms with van der Waals surface area (Å²) < 4.78 is 26.8. The number of carbonyl (C=O) groups excluding carboxylic acids is 1. The number of aromatic amines is 1. The van der Waals surface area contributed by atoms with Crippen molar-refractivity contribution in [2.45, 2.75) is 57.2 Å². The van der Waals surface area contributed by atoms with Crippen LogP contribution < -0.4 is 14.4 Å². The monoisotopic (exact) mass is 625 g/mol. The van der Waals surface area contributed by atoms with Crippen molar-refractivity contribution in [1.29, 1.82) is 5.26 Å². The molecule has 13 heteroatoms. The lowest BCUT2D eigenvalue weighted by molar-refractivity contribution is -0.131. The fraction of sp³-hybridized carbons (Fsp3) is 0.455. The predicted octanol–water partition coefficient (Wildman–Crippen LogP) is 4.30. The molecule has 3 aliphatic rings. The quantitative estimate of drug-likeness (QED) is 0.268. The summed E-state index contributed by atoms with van der Waals surface area (Å²) >= 11 is 0. The van der Waals surface area contributed by atoms with Crippen LogP contribution in [0.25, 0.3) is 33.1 Å². The van der Waals surface area contributed by atoms with Crippen molar-refractivity contribution in [1.82, 2.24) is 34.9 Å². The molecule has 0 spiro atoms. The van der Waals surface area contributed by atoms with Gasteiger partial charge in [0.15, 0.2) is 11.6 Å². The average Bonchev–Trinajstić information content (AvgIpc) is 3.57. The summed E-state index contributed by atoms with van der Waals surface area (Å²) in [6, 6.07) is 6.08. The largest absolute Gasteiger partial charge is 0.486 e. The van der Waals surface area contributed by atoms with Gasteiger partial charge >= 0.3 is 6.01 Å². The fourth-order valence-corrected chi connectivity index (χ4v) is 6.53. The lowest BCUT2D eigenvalue weighted by atomic mass is 9.99. The molecule has 2 saturated heterocycles. The third-order valence-electron chi connectivity index (χ3n) is 9.21. The highest BCUT2D eigenvalue weighted by Crippen LogP contribution is 2.44. The van der Waals surface area contributed by atoms with E-state index in [2.05, 4.69) is 34.8 Å². The number of H-pyrrole nitrogens is 1. The fourth-order valence-electron chi connectivity index (χ4n) is 6.53. The second kappa shape index (κ2) is 12.2. The number of amides is 1. The van der Waals surface area contributed by atoms with Crippen molar-refractivity contribution >= 4 is 33.5 Å². The van der Waals surface area contributed by atoms with Gasteiger partial charge in [0.25, 0.3) is 5.91 Å². The van der Waals surface area contributed by atoms with Crippen LogP contribution in [0.4, 0.5) is 10.2 Å². The van der Waals surface area contributed by atoms with E-state index in [9.17, 15) is 14.4 Å². The lowest BCUT2D eigenvalue weighted by Crippen LogP contribution is -2.55. The Morgan fingerprint density at radius 3 is 2.74 bits per heavy atom. The van der Waals surface area contributed by atoms with Crippen LogP contribution in [-0.2, 0) is 4.79 Å². The molecular formula is C33H36FN9O3. The number of benzene rings is 1. The van der Waals surface area contributed by atoms with Crippen molar-refractivity contribution in [3.8, 4) is 29.1 Å². The van der Waals surface area contributed by atoms with E-state index in [0.29, 0.717) is 41.3 Å². The summed E-state index contributed by atoms with van der Waals surface area (Å²) in [5.74, 6) is -0.725. The number of halogens is 1. The van der Waals surface area contributed by atoms with Crippen LogP contribution in [0.2, 0.25) is 0 Å². The Morgan fingerprint density at radius 1 is 1.15 bits per heavy atom. The minimum Gasteiger partial charge on any atom is -0.486 e. The molecule has 1 amide bonds. The first kappa shape index (κ1) is 29.9. The number of carbonyl (C=O) groups is 1. The molecule has 2 aliphatic heterocycles. The average molecular weight is 626 g/mol. The van der Waals surface area contributed by atoms with Crippen LogP contribution >= 0.6 is 0 Å². The van der Waals surface area contributed by atoms with E-state index in [1.165, 1.54) is 4.90 Å². The minimum absolute atomic E-state index is 0.0301. The van der Waals surface area contributed by atoms with Crippen LogP contribution in [0, 0.1) is 18.3 Å². The standard InChI is InChI=1S/C33H36FN9O3/c1-19-6-9-26-24(16-37-40-26)27(19)29-30(46-23-7-8-23)28-25(15-36-29)31(39-33(38-28)45-18-22-5-4-12-41(22)3)42-13-14-43(32(44)20(2)34)21(17-42)10-11-35/h6,9,15-16,21-23H,2,4-5,7-8,10,12-14,17-18H2,1,3H3,(H,37,40)/t21-,22-/m0/s1. The molecule has 3 aromatic heterocycles. The van der Waals surface area contributed by atoms with Crippen LogP contribution in [0.15, 0.2) is 36.9 Å². The Morgan fingerprint density at radius 2 is 2.00 bits per heavy atom. The Bertz CT molecular complexity index is 1870. The second-order valence-electron chi connectivity index (χ2n) is 12.4. The first-order chi connectivity index (χ1) is 22.3. The number of nitrogens with one attached hydrogen (secondary N) is 1. The van der Waals surface area contributed by atoms with Crippen molar-refractivity contribution in [3.63, 3.8) is 0 Å². The smallest absolute Gasteiger partial charge is 0.319 e. The zero-order chi connectivity index (χ0) is 31.9. The van der Waals surface area contributed by atoms with Gasteiger partial charge in [-0.25, -0.2) is 4.39 Å². The molecule has 12 nitrogen and oxygen atoms in total. The number of nitriles is 1. The molecule has 238 valence electrons. The number of aromatic nitrogens is 5. The molecule has 1 saturated carbocycles. The normalized spacial score (nSPS) is 20.3. The molecule has 2 atom stereocenters. The third-order valence-corrected chi connectivity index (χ3v) is 9.21. The zero-order valence-corrected chi connectivity index (χ0v) is 26.0. The zero-order valence-electron chi connectivity index (χ0n) is 26.0. The van der Waals surface area contributed by atoms with Gasteiger partial charge in [0.05, 0.1) is 41.7 Å². The molecule has 0 bridgehead atoms. The second-order valence-corrected chi connectivity index (χ2v) is 12.4. The first-order valence-corrected chi connectivity index (χ1v) is 15.7. The maximum Gasteiger partial charge on any atom is 0.319 e. The molecule has 1 N–H and O–H groups in total. The topological polar surface area (TPSA) is 136 Å².